The number of anilines is 1. The van der Waals surface area contributed by atoms with Gasteiger partial charge in [0.15, 0.2) is 0 Å². The van der Waals surface area contributed by atoms with Crippen molar-refractivity contribution in [3.63, 3.8) is 0 Å². The molecule has 136 valence electrons. The molecule has 0 heterocycles. The maximum atomic E-state index is 11.4. The third-order valence-corrected chi connectivity index (χ3v) is 3.95. The molecule has 0 aromatic heterocycles. The van der Waals surface area contributed by atoms with Gasteiger partial charge < -0.3 is 14.9 Å². The number of nitrogens with zero attached hydrogens (tertiary/aromatic N) is 1. The van der Waals surface area contributed by atoms with Crippen LogP contribution in [-0.2, 0) is 0 Å². The van der Waals surface area contributed by atoms with Gasteiger partial charge in [-0.15, -0.1) is 0 Å². The second-order valence-electron chi connectivity index (χ2n) is 5.67. The summed E-state index contributed by atoms with van der Waals surface area (Å²) in [5.41, 5.74) is 4.99. The fraction of sp³-hybridized carbons (Fsp3) is 0.0476. The molecule has 0 amide bonds. The minimum absolute atomic E-state index is 0.00488. The van der Waals surface area contributed by atoms with E-state index in [4.69, 9.17) is 4.74 Å². The summed E-state index contributed by atoms with van der Waals surface area (Å²) in [6, 6.07) is 20.7. The van der Waals surface area contributed by atoms with Gasteiger partial charge in [-0.3, -0.25) is 5.43 Å². The Labute approximate surface area is 156 Å². The molecular formula is C21H18N2O4. The molecule has 0 aliphatic rings. The van der Waals surface area contributed by atoms with Gasteiger partial charge in [-0.05, 0) is 24.3 Å². The van der Waals surface area contributed by atoms with E-state index in [0.29, 0.717) is 22.7 Å². The third kappa shape index (κ3) is 4.07. The highest BCUT2D eigenvalue weighted by molar-refractivity contribution is 6.14. The molecule has 6 nitrogen and oxygen atoms in total. The number of phenols is 1. The Bertz CT molecular complexity index is 984. The molecule has 3 aromatic carbocycles. The predicted octanol–water partition coefficient (Wildman–Crippen LogP) is 3.96. The zero-order valence-corrected chi connectivity index (χ0v) is 14.6. The number of phenolic OH excluding ortho intramolecular Hbond substituents is 1. The van der Waals surface area contributed by atoms with Crippen molar-refractivity contribution in [2.45, 2.75) is 0 Å². The first-order valence-electron chi connectivity index (χ1n) is 8.19. The van der Waals surface area contributed by atoms with Gasteiger partial charge in [0.2, 0.25) is 0 Å². The van der Waals surface area contributed by atoms with Gasteiger partial charge in [-0.1, -0.05) is 42.5 Å². The lowest BCUT2D eigenvalue weighted by Gasteiger charge is -2.12. The minimum atomic E-state index is -1.05. The summed E-state index contributed by atoms with van der Waals surface area (Å²) in [7, 11) is 1.52. The van der Waals surface area contributed by atoms with Crippen LogP contribution < -0.4 is 10.2 Å². The number of rotatable bonds is 6. The second kappa shape index (κ2) is 8.05. The van der Waals surface area contributed by atoms with Crippen LogP contribution in [0, 0.1) is 0 Å². The van der Waals surface area contributed by atoms with Gasteiger partial charge in [0.05, 0.1) is 18.4 Å². The standard InChI is InChI=1S/C21H18N2O4/c1-27-15-11-12-17(19(24)13-15)20(14-7-3-2-4-8-14)23-22-18-10-6-5-9-16(18)21(25)26/h2-13,22,24H,1H3,(H,25,26)/b23-20-. The van der Waals surface area contributed by atoms with Crippen molar-refractivity contribution in [1.82, 2.24) is 0 Å². The Morgan fingerprint density at radius 1 is 0.963 bits per heavy atom. The molecule has 6 heteroatoms. The van der Waals surface area contributed by atoms with E-state index in [1.165, 1.54) is 19.2 Å². The van der Waals surface area contributed by atoms with Crippen LogP contribution >= 0.6 is 0 Å². The van der Waals surface area contributed by atoms with Gasteiger partial charge in [-0.2, -0.15) is 5.10 Å². The summed E-state index contributed by atoms with van der Waals surface area (Å²) in [6.45, 7) is 0. The molecule has 0 aliphatic heterocycles. The maximum absolute atomic E-state index is 11.4. The summed E-state index contributed by atoms with van der Waals surface area (Å²) in [5.74, 6) is -0.528. The zero-order valence-electron chi connectivity index (χ0n) is 14.6. The smallest absolute Gasteiger partial charge is 0.337 e. The van der Waals surface area contributed by atoms with Gasteiger partial charge in [0.25, 0.3) is 0 Å². The summed E-state index contributed by atoms with van der Waals surface area (Å²) < 4.78 is 5.13. The Morgan fingerprint density at radius 2 is 1.67 bits per heavy atom. The number of aromatic carboxylic acids is 1. The van der Waals surface area contributed by atoms with E-state index in [1.807, 2.05) is 30.3 Å². The van der Waals surface area contributed by atoms with Crippen LogP contribution in [0.5, 0.6) is 11.5 Å². The molecule has 3 aromatic rings. The maximum Gasteiger partial charge on any atom is 0.337 e. The first-order chi connectivity index (χ1) is 13.1. The number of hydrazone groups is 1. The number of nitrogens with one attached hydrogen (secondary N) is 1. The quantitative estimate of drug-likeness (QED) is 0.456. The Hall–Kier alpha value is -3.80. The molecule has 0 unspecified atom stereocenters. The normalized spacial score (nSPS) is 11.1. The largest absolute Gasteiger partial charge is 0.507 e. The number of carboxylic acids is 1. The van der Waals surface area contributed by atoms with Crippen LogP contribution in [0.1, 0.15) is 21.5 Å². The number of hydrogen-bond donors (Lipinski definition) is 3. The van der Waals surface area contributed by atoms with Gasteiger partial charge in [0.1, 0.15) is 17.2 Å². The molecule has 0 aliphatic carbocycles. The second-order valence-corrected chi connectivity index (χ2v) is 5.67. The molecule has 0 saturated heterocycles. The topological polar surface area (TPSA) is 91.2 Å². The third-order valence-electron chi connectivity index (χ3n) is 3.95. The Kier molecular flexibility index (Phi) is 5.37. The van der Waals surface area contributed by atoms with E-state index in [0.717, 1.165) is 5.56 Å². The van der Waals surface area contributed by atoms with Crippen LogP contribution in [0.2, 0.25) is 0 Å². The van der Waals surface area contributed by atoms with Crippen LogP contribution in [0.15, 0.2) is 77.9 Å². The van der Waals surface area contributed by atoms with Crippen LogP contribution in [0.3, 0.4) is 0 Å². The van der Waals surface area contributed by atoms with Crippen molar-refractivity contribution in [2.75, 3.05) is 12.5 Å². The Morgan fingerprint density at radius 3 is 2.33 bits per heavy atom. The Balaban J connectivity index is 2.06. The summed E-state index contributed by atoms with van der Waals surface area (Å²) in [4.78, 5) is 11.4. The van der Waals surface area contributed by atoms with Crippen LogP contribution in [0.4, 0.5) is 5.69 Å². The molecule has 0 saturated carbocycles. The molecule has 0 spiro atoms. The van der Waals surface area contributed by atoms with Crippen molar-refractivity contribution in [3.05, 3.63) is 89.5 Å². The number of hydrogen-bond acceptors (Lipinski definition) is 5. The first kappa shape index (κ1) is 18.0. The molecule has 27 heavy (non-hydrogen) atoms. The van der Waals surface area contributed by atoms with Crippen molar-refractivity contribution >= 4 is 17.4 Å². The fourth-order valence-electron chi connectivity index (χ4n) is 2.60. The molecule has 3 N–H and O–H groups in total. The lowest BCUT2D eigenvalue weighted by molar-refractivity contribution is 0.0698. The number of ether oxygens (including phenoxy) is 1. The highest BCUT2D eigenvalue weighted by atomic mass is 16.5. The highest BCUT2D eigenvalue weighted by Crippen LogP contribution is 2.26. The fourth-order valence-corrected chi connectivity index (χ4v) is 2.60. The van der Waals surface area contributed by atoms with Gasteiger partial charge in [0, 0.05) is 17.2 Å². The molecule has 0 fully saturated rings. The molecule has 0 bridgehead atoms. The number of benzene rings is 3. The monoisotopic (exact) mass is 362 g/mol. The SMILES string of the molecule is COc1ccc(/C(=N\Nc2ccccc2C(=O)O)c2ccccc2)c(O)c1. The number of para-hydroxylation sites is 1. The highest BCUT2D eigenvalue weighted by Gasteiger charge is 2.14. The average Bonchev–Trinajstić information content (AvgIpc) is 2.70. The minimum Gasteiger partial charge on any atom is -0.507 e. The number of carboxylic acid groups (broad SMARTS) is 1. The van der Waals surface area contributed by atoms with Crippen molar-refractivity contribution in [1.29, 1.82) is 0 Å². The lowest BCUT2D eigenvalue weighted by atomic mass is 10.0. The van der Waals surface area contributed by atoms with E-state index < -0.39 is 5.97 Å². The molecule has 0 radical (unpaired) electrons. The van der Waals surface area contributed by atoms with E-state index in [1.54, 1.807) is 30.3 Å². The molecule has 3 rings (SSSR count). The summed E-state index contributed by atoms with van der Waals surface area (Å²) in [5, 5.41) is 24.1. The molecule has 0 atom stereocenters. The summed E-state index contributed by atoms with van der Waals surface area (Å²) >= 11 is 0. The van der Waals surface area contributed by atoms with Crippen molar-refractivity contribution in [2.24, 2.45) is 5.10 Å². The number of methoxy groups -OCH3 is 1. The van der Waals surface area contributed by atoms with E-state index in [9.17, 15) is 15.0 Å². The first-order valence-corrected chi connectivity index (χ1v) is 8.19. The number of aromatic hydroxyl groups is 1. The van der Waals surface area contributed by atoms with Crippen molar-refractivity contribution < 1.29 is 19.7 Å². The summed E-state index contributed by atoms with van der Waals surface area (Å²) in [6.07, 6.45) is 0. The average molecular weight is 362 g/mol. The lowest BCUT2D eigenvalue weighted by Crippen LogP contribution is -2.09. The van der Waals surface area contributed by atoms with Gasteiger partial charge >= 0.3 is 5.97 Å². The van der Waals surface area contributed by atoms with Crippen LogP contribution in [0.25, 0.3) is 0 Å². The van der Waals surface area contributed by atoms with E-state index >= 15 is 0 Å². The predicted molar refractivity (Wildman–Crippen MR) is 104 cm³/mol. The molecular weight excluding hydrogens is 344 g/mol. The van der Waals surface area contributed by atoms with E-state index in [2.05, 4.69) is 10.5 Å². The van der Waals surface area contributed by atoms with Crippen molar-refractivity contribution in [3.8, 4) is 11.5 Å². The van der Waals surface area contributed by atoms with E-state index in [-0.39, 0.29) is 11.3 Å². The number of carbonyl (C=O) groups is 1. The van der Waals surface area contributed by atoms with Gasteiger partial charge in [-0.25, -0.2) is 4.79 Å². The zero-order chi connectivity index (χ0) is 19.2. The van der Waals surface area contributed by atoms with Crippen LogP contribution in [-0.4, -0.2) is 29.0 Å².